The first-order chi connectivity index (χ1) is 8.63. The molecule has 0 spiro atoms. The minimum absolute atomic E-state index is 0.0565. The third-order valence-electron chi connectivity index (χ3n) is 2.67. The lowest BCUT2D eigenvalue weighted by molar-refractivity contribution is -0.125. The molecule has 0 radical (unpaired) electrons. The molecule has 19 heavy (non-hydrogen) atoms. The average molecular weight is 349 g/mol. The molecule has 106 valence electrons. The summed E-state index contributed by atoms with van der Waals surface area (Å²) >= 11 is 3.30. The van der Waals surface area contributed by atoms with Gasteiger partial charge in [-0.15, -0.1) is 0 Å². The fourth-order valence-electron chi connectivity index (χ4n) is 1.46. The van der Waals surface area contributed by atoms with Gasteiger partial charge in [-0.05, 0) is 24.6 Å². The highest BCUT2D eigenvalue weighted by atomic mass is 79.9. The molecular formula is C12H17BrN2O3S. The van der Waals surface area contributed by atoms with Gasteiger partial charge in [0.2, 0.25) is 5.91 Å². The molecule has 0 aliphatic heterocycles. The zero-order chi connectivity index (χ0) is 14.7. The van der Waals surface area contributed by atoms with E-state index in [1.54, 1.807) is 31.2 Å². The molecule has 0 saturated heterocycles. The first-order valence-electron chi connectivity index (χ1n) is 5.64. The molecule has 1 amide bonds. The van der Waals surface area contributed by atoms with Gasteiger partial charge in [-0.25, -0.2) is 8.42 Å². The number of nitrogens with one attached hydrogen (secondary N) is 1. The second-order valence-electron chi connectivity index (χ2n) is 4.60. The molecule has 1 aromatic carbocycles. The lowest BCUT2D eigenvalue weighted by Gasteiger charge is -2.24. The van der Waals surface area contributed by atoms with Crippen molar-refractivity contribution in [3.05, 3.63) is 34.3 Å². The second-order valence-corrected chi connectivity index (χ2v) is 7.77. The van der Waals surface area contributed by atoms with Crippen molar-refractivity contribution in [2.45, 2.75) is 12.5 Å². The van der Waals surface area contributed by atoms with Crippen LogP contribution in [-0.2, 0) is 20.2 Å². The van der Waals surface area contributed by atoms with Crippen LogP contribution in [0, 0.1) is 0 Å². The van der Waals surface area contributed by atoms with Gasteiger partial charge in [0, 0.05) is 17.3 Å². The number of amides is 1. The van der Waals surface area contributed by atoms with E-state index in [0.717, 1.165) is 10.7 Å². The zero-order valence-electron chi connectivity index (χ0n) is 10.8. The van der Waals surface area contributed by atoms with Crippen LogP contribution < -0.4 is 11.1 Å². The summed E-state index contributed by atoms with van der Waals surface area (Å²) in [5, 5.41) is 2.54. The topological polar surface area (TPSA) is 89.3 Å². The Balaban J connectivity index is 2.71. The lowest BCUT2D eigenvalue weighted by atomic mass is 9.92. The van der Waals surface area contributed by atoms with Gasteiger partial charge in [0.25, 0.3) is 0 Å². The molecular weight excluding hydrogens is 332 g/mol. The first kappa shape index (κ1) is 16.1. The maximum absolute atomic E-state index is 12.0. The summed E-state index contributed by atoms with van der Waals surface area (Å²) in [5.41, 5.74) is 5.47. The number of carbonyl (C=O) groups excluding carboxylic acids is 1. The Morgan fingerprint density at radius 3 is 2.37 bits per heavy atom. The number of nitrogens with two attached hydrogens (primary N) is 1. The van der Waals surface area contributed by atoms with Crippen molar-refractivity contribution in [2.24, 2.45) is 5.73 Å². The third-order valence-corrected chi connectivity index (χ3v) is 4.15. The van der Waals surface area contributed by atoms with Gasteiger partial charge < -0.3 is 11.1 Å². The Kier molecular flexibility index (Phi) is 5.11. The number of carbonyl (C=O) groups is 1. The van der Waals surface area contributed by atoms with Gasteiger partial charge in [-0.3, -0.25) is 4.79 Å². The molecule has 0 bridgehead atoms. The van der Waals surface area contributed by atoms with Gasteiger partial charge >= 0.3 is 0 Å². The predicted molar refractivity (Wildman–Crippen MR) is 78.4 cm³/mol. The molecule has 0 saturated carbocycles. The van der Waals surface area contributed by atoms with E-state index >= 15 is 0 Å². The summed E-state index contributed by atoms with van der Waals surface area (Å²) in [6.07, 6.45) is 1.12. The van der Waals surface area contributed by atoms with Crippen LogP contribution in [0.5, 0.6) is 0 Å². The molecule has 1 rings (SSSR count). The highest BCUT2D eigenvalue weighted by molar-refractivity contribution is 9.10. The van der Waals surface area contributed by atoms with Crippen LogP contribution in [-0.4, -0.2) is 32.9 Å². The Labute approximate surface area is 121 Å². The van der Waals surface area contributed by atoms with E-state index in [2.05, 4.69) is 21.2 Å². The van der Waals surface area contributed by atoms with Crippen LogP contribution in [0.2, 0.25) is 0 Å². The maximum Gasteiger partial charge on any atom is 0.244 e. The van der Waals surface area contributed by atoms with Crippen molar-refractivity contribution in [3.8, 4) is 0 Å². The summed E-state index contributed by atoms with van der Waals surface area (Å²) < 4.78 is 22.9. The van der Waals surface area contributed by atoms with Crippen molar-refractivity contribution < 1.29 is 13.2 Å². The Bertz CT molecular complexity index is 553. The molecule has 0 aromatic heterocycles. The molecule has 1 atom stereocenters. The largest absolute Gasteiger partial charge is 0.353 e. The number of hydrogen-bond acceptors (Lipinski definition) is 4. The molecule has 1 aromatic rings. The molecule has 0 fully saturated rings. The van der Waals surface area contributed by atoms with Crippen molar-refractivity contribution in [2.75, 3.05) is 18.6 Å². The standard InChI is InChI=1S/C12H17BrN2O3S/c1-12(14,9-3-5-10(13)6-4-9)11(16)15-7-8-19(2,17)18/h3-6H,7-8,14H2,1-2H3,(H,15,16). The van der Waals surface area contributed by atoms with E-state index in [4.69, 9.17) is 5.73 Å². The summed E-state index contributed by atoms with van der Waals surface area (Å²) in [7, 11) is -3.10. The molecule has 1 unspecified atom stereocenters. The minimum atomic E-state index is -3.10. The van der Waals surface area contributed by atoms with E-state index in [0.29, 0.717) is 5.56 Å². The van der Waals surface area contributed by atoms with Crippen LogP contribution in [0.25, 0.3) is 0 Å². The van der Waals surface area contributed by atoms with E-state index in [-0.39, 0.29) is 12.3 Å². The van der Waals surface area contributed by atoms with Crippen molar-refractivity contribution in [1.29, 1.82) is 0 Å². The Hall–Kier alpha value is -0.920. The SMILES string of the molecule is CC(N)(C(=O)NCCS(C)(=O)=O)c1ccc(Br)cc1. The first-order valence-corrected chi connectivity index (χ1v) is 8.49. The molecule has 7 heteroatoms. The van der Waals surface area contributed by atoms with Gasteiger partial charge in [0.1, 0.15) is 15.4 Å². The normalized spacial score (nSPS) is 14.7. The monoisotopic (exact) mass is 348 g/mol. The lowest BCUT2D eigenvalue weighted by Crippen LogP contribution is -2.49. The maximum atomic E-state index is 12.0. The van der Waals surface area contributed by atoms with Gasteiger partial charge in [-0.1, -0.05) is 28.1 Å². The van der Waals surface area contributed by atoms with Crippen molar-refractivity contribution in [3.63, 3.8) is 0 Å². The highest BCUT2D eigenvalue weighted by Crippen LogP contribution is 2.20. The third kappa shape index (κ3) is 4.93. The van der Waals surface area contributed by atoms with Gasteiger partial charge in [0.05, 0.1) is 5.75 Å². The fourth-order valence-corrected chi connectivity index (χ4v) is 2.20. The number of benzene rings is 1. The molecule has 0 aliphatic rings. The van der Waals surface area contributed by atoms with Crippen LogP contribution in [0.15, 0.2) is 28.7 Å². The van der Waals surface area contributed by atoms with Crippen LogP contribution in [0.4, 0.5) is 0 Å². The number of sulfone groups is 1. The van der Waals surface area contributed by atoms with E-state index in [9.17, 15) is 13.2 Å². The van der Waals surface area contributed by atoms with E-state index < -0.39 is 21.3 Å². The molecule has 3 N–H and O–H groups in total. The number of hydrogen-bond donors (Lipinski definition) is 2. The summed E-state index contributed by atoms with van der Waals surface area (Å²) in [6, 6.07) is 7.09. The summed E-state index contributed by atoms with van der Waals surface area (Å²) in [4.78, 5) is 12.0. The zero-order valence-corrected chi connectivity index (χ0v) is 13.2. The molecule has 0 heterocycles. The van der Waals surface area contributed by atoms with Gasteiger partial charge in [0.15, 0.2) is 0 Å². The van der Waals surface area contributed by atoms with Crippen molar-refractivity contribution >= 4 is 31.7 Å². The fraction of sp³-hybridized carbons (Fsp3) is 0.417. The quantitative estimate of drug-likeness (QED) is 0.822. The average Bonchev–Trinajstić information content (AvgIpc) is 2.27. The molecule has 5 nitrogen and oxygen atoms in total. The Morgan fingerprint density at radius 1 is 1.37 bits per heavy atom. The number of halogens is 1. The van der Waals surface area contributed by atoms with Crippen LogP contribution >= 0.6 is 15.9 Å². The summed E-state index contributed by atoms with van der Waals surface area (Å²) in [6.45, 7) is 1.65. The second kappa shape index (κ2) is 6.02. The van der Waals surface area contributed by atoms with E-state index in [1.165, 1.54) is 0 Å². The van der Waals surface area contributed by atoms with Gasteiger partial charge in [-0.2, -0.15) is 0 Å². The smallest absolute Gasteiger partial charge is 0.244 e. The summed E-state index contributed by atoms with van der Waals surface area (Å²) in [5.74, 6) is -0.506. The van der Waals surface area contributed by atoms with Crippen molar-refractivity contribution in [1.82, 2.24) is 5.32 Å². The highest BCUT2D eigenvalue weighted by Gasteiger charge is 2.30. The van der Waals surface area contributed by atoms with Crippen LogP contribution in [0.3, 0.4) is 0 Å². The molecule has 0 aliphatic carbocycles. The number of rotatable bonds is 5. The van der Waals surface area contributed by atoms with E-state index in [1.807, 2.05) is 0 Å². The Morgan fingerprint density at radius 2 is 1.89 bits per heavy atom. The minimum Gasteiger partial charge on any atom is -0.353 e. The van der Waals surface area contributed by atoms with Crippen LogP contribution in [0.1, 0.15) is 12.5 Å². The predicted octanol–water partition coefficient (Wildman–Crippen LogP) is 0.784.